The van der Waals surface area contributed by atoms with Crippen LogP contribution in [0.3, 0.4) is 0 Å². The number of carbonyl (C=O) groups is 1. The first-order valence-electron chi connectivity index (χ1n) is 8.11. The molecule has 3 atom stereocenters. The molecule has 2 rings (SSSR count). The van der Waals surface area contributed by atoms with Crippen LogP contribution in [0.1, 0.15) is 23.6 Å². The van der Waals surface area contributed by atoms with E-state index in [-0.39, 0.29) is 12.3 Å². The predicted octanol–water partition coefficient (Wildman–Crippen LogP) is 2.06. The second-order valence-electron chi connectivity index (χ2n) is 6.46. The monoisotopic (exact) mass is 347 g/mol. The lowest BCUT2D eigenvalue weighted by Gasteiger charge is -2.31. The summed E-state index contributed by atoms with van der Waals surface area (Å²) in [6, 6.07) is 2.84. The summed E-state index contributed by atoms with van der Waals surface area (Å²) < 4.78 is 11.1. The van der Waals surface area contributed by atoms with E-state index in [1.807, 2.05) is 32.9 Å². The quantitative estimate of drug-likeness (QED) is 0.681. The van der Waals surface area contributed by atoms with Gasteiger partial charge in [0.05, 0.1) is 0 Å². The molecule has 0 aromatic heterocycles. The van der Waals surface area contributed by atoms with Crippen LogP contribution >= 0.6 is 0 Å². The van der Waals surface area contributed by atoms with E-state index >= 15 is 0 Å². The number of aliphatic hydroxyl groups is 1. The molecule has 0 bridgehead atoms. The van der Waals surface area contributed by atoms with Gasteiger partial charge < -0.3 is 25.4 Å². The molecule has 0 saturated carbocycles. The van der Waals surface area contributed by atoms with Crippen molar-refractivity contribution in [3.8, 4) is 5.75 Å². The molecule has 2 unspecified atom stereocenters. The summed E-state index contributed by atoms with van der Waals surface area (Å²) in [5.74, 6) is -1.28. The maximum absolute atomic E-state index is 10.9. The lowest BCUT2D eigenvalue weighted by atomic mass is 9.95. The molecule has 1 aliphatic rings. The van der Waals surface area contributed by atoms with Crippen molar-refractivity contribution >= 4 is 5.97 Å². The predicted molar refractivity (Wildman–Crippen MR) is 94.2 cm³/mol. The Morgan fingerprint density at radius 3 is 2.44 bits per heavy atom. The van der Waals surface area contributed by atoms with Crippen LogP contribution in [-0.2, 0) is 16.0 Å². The number of methoxy groups -OCH3 is 1. The standard InChI is InChI=1S/C19H25NO5/c1-11-7-14(10-16(20)18(21)22)8-12(2)17(11)25-15-5-6-19(23,24-4)13(3)9-15/h5-9,13,16,23H,10,20H2,1-4H3,(H,21,22)/t13?,16-,19?/m0/s1. The summed E-state index contributed by atoms with van der Waals surface area (Å²) in [5.41, 5.74) is 8.24. The Kier molecular flexibility index (Phi) is 5.67. The minimum absolute atomic E-state index is 0.258. The number of benzene rings is 1. The molecule has 0 radical (unpaired) electrons. The number of nitrogens with two attached hydrogens (primary N) is 1. The van der Waals surface area contributed by atoms with Crippen molar-refractivity contribution in [2.45, 2.75) is 39.0 Å². The Balaban J connectivity index is 2.20. The lowest BCUT2D eigenvalue weighted by molar-refractivity contribution is -0.170. The fourth-order valence-corrected chi connectivity index (χ4v) is 2.87. The van der Waals surface area contributed by atoms with Crippen molar-refractivity contribution in [2.24, 2.45) is 11.7 Å². The number of aliphatic carboxylic acids is 1. The smallest absolute Gasteiger partial charge is 0.320 e. The summed E-state index contributed by atoms with van der Waals surface area (Å²) >= 11 is 0. The van der Waals surface area contributed by atoms with Gasteiger partial charge in [0.25, 0.3) is 0 Å². The van der Waals surface area contributed by atoms with Gasteiger partial charge in [0.15, 0.2) is 5.79 Å². The zero-order chi connectivity index (χ0) is 18.8. The van der Waals surface area contributed by atoms with Gasteiger partial charge in [0.2, 0.25) is 0 Å². The third-order valence-corrected chi connectivity index (χ3v) is 4.39. The highest BCUT2D eigenvalue weighted by molar-refractivity contribution is 5.73. The Bertz CT molecular complexity index is 702. The third-order valence-electron chi connectivity index (χ3n) is 4.39. The molecule has 1 aromatic rings. The van der Waals surface area contributed by atoms with Crippen molar-refractivity contribution in [1.82, 2.24) is 0 Å². The molecule has 1 aromatic carbocycles. The highest BCUT2D eigenvalue weighted by atomic mass is 16.6. The first kappa shape index (κ1) is 19.2. The Labute approximate surface area is 147 Å². The van der Waals surface area contributed by atoms with Crippen molar-refractivity contribution in [3.05, 3.63) is 52.8 Å². The van der Waals surface area contributed by atoms with E-state index in [1.54, 1.807) is 18.2 Å². The molecule has 0 saturated heterocycles. The number of aryl methyl sites for hydroxylation is 2. The van der Waals surface area contributed by atoms with E-state index in [9.17, 15) is 9.90 Å². The van der Waals surface area contributed by atoms with Crippen LogP contribution in [0.5, 0.6) is 5.75 Å². The molecule has 0 spiro atoms. The van der Waals surface area contributed by atoms with Crippen LogP contribution in [0.4, 0.5) is 0 Å². The van der Waals surface area contributed by atoms with Gasteiger partial charge in [-0.2, -0.15) is 0 Å². The molecular weight excluding hydrogens is 322 g/mol. The molecule has 6 nitrogen and oxygen atoms in total. The number of rotatable bonds is 6. The first-order chi connectivity index (χ1) is 11.7. The highest BCUT2D eigenvalue weighted by Crippen LogP contribution is 2.32. The number of ether oxygens (including phenoxy) is 2. The second-order valence-corrected chi connectivity index (χ2v) is 6.46. The molecule has 0 aliphatic heterocycles. The van der Waals surface area contributed by atoms with Crippen LogP contribution in [0.15, 0.2) is 36.1 Å². The summed E-state index contributed by atoms with van der Waals surface area (Å²) in [4.78, 5) is 10.9. The molecule has 1 aliphatic carbocycles. The van der Waals surface area contributed by atoms with Gasteiger partial charge in [0, 0.05) is 13.0 Å². The number of carboxylic acid groups (broad SMARTS) is 1. The van der Waals surface area contributed by atoms with Crippen molar-refractivity contribution in [1.29, 1.82) is 0 Å². The van der Waals surface area contributed by atoms with E-state index < -0.39 is 17.8 Å². The number of hydrogen-bond acceptors (Lipinski definition) is 5. The molecule has 6 heteroatoms. The van der Waals surface area contributed by atoms with Gasteiger partial charge in [-0.15, -0.1) is 0 Å². The van der Waals surface area contributed by atoms with Gasteiger partial charge in [-0.3, -0.25) is 4.79 Å². The Hall–Kier alpha value is -2.15. The van der Waals surface area contributed by atoms with Crippen molar-refractivity contribution in [2.75, 3.05) is 7.11 Å². The lowest BCUT2D eigenvalue weighted by Crippen LogP contribution is -2.37. The summed E-state index contributed by atoms with van der Waals surface area (Å²) in [6.45, 7) is 5.65. The van der Waals surface area contributed by atoms with Gasteiger partial charge in [0.1, 0.15) is 17.6 Å². The van der Waals surface area contributed by atoms with Gasteiger partial charge in [-0.05, 0) is 55.2 Å². The van der Waals surface area contributed by atoms with Gasteiger partial charge in [-0.25, -0.2) is 0 Å². The molecule has 0 heterocycles. The molecule has 25 heavy (non-hydrogen) atoms. The fraction of sp³-hybridized carbons (Fsp3) is 0.421. The largest absolute Gasteiger partial charge is 0.480 e. The average molecular weight is 347 g/mol. The van der Waals surface area contributed by atoms with Crippen LogP contribution in [0, 0.1) is 19.8 Å². The molecule has 4 N–H and O–H groups in total. The first-order valence-corrected chi connectivity index (χ1v) is 8.11. The maximum Gasteiger partial charge on any atom is 0.320 e. The van der Waals surface area contributed by atoms with E-state index in [4.69, 9.17) is 20.3 Å². The van der Waals surface area contributed by atoms with Gasteiger partial charge in [-0.1, -0.05) is 19.1 Å². The van der Waals surface area contributed by atoms with Crippen molar-refractivity contribution in [3.63, 3.8) is 0 Å². The molecule has 136 valence electrons. The average Bonchev–Trinajstić information content (AvgIpc) is 2.54. The van der Waals surface area contributed by atoms with E-state index in [0.29, 0.717) is 11.5 Å². The number of carboxylic acids is 1. The van der Waals surface area contributed by atoms with Crippen LogP contribution in [-0.4, -0.2) is 35.1 Å². The maximum atomic E-state index is 10.9. The third kappa shape index (κ3) is 4.28. The van der Waals surface area contributed by atoms with Crippen LogP contribution in [0.2, 0.25) is 0 Å². The number of hydrogen-bond donors (Lipinski definition) is 3. The van der Waals surface area contributed by atoms with Gasteiger partial charge >= 0.3 is 5.97 Å². The summed E-state index contributed by atoms with van der Waals surface area (Å²) in [6.07, 6.45) is 5.31. The fourth-order valence-electron chi connectivity index (χ4n) is 2.87. The minimum Gasteiger partial charge on any atom is -0.480 e. The van der Waals surface area contributed by atoms with E-state index in [2.05, 4.69) is 0 Å². The van der Waals surface area contributed by atoms with Crippen molar-refractivity contribution < 1.29 is 24.5 Å². The Morgan fingerprint density at radius 2 is 1.96 bits per heavy atom. The minimum atomic E-state index is -1.33. The normalized spacial score (nSPS) is 23.9. The summed E-state index contributed by atoms with van der Waals surface area (Å²) in [7, 11) is 1.45. The van der Waals surface area contributed by atoms with E-state index in [0.717, 1.165) is 16.7 Å². The Morgan fingerprint density at radius 1 is 1.36 bits per heavy atom. The number of allylic oxidation sites excluding steroid dienone is 1. The molecule has 0 fully saturated rings. The topological polar surface area (TPSA) is 102 Å². The van der Waals surface area contributed by atoms with E-state index in [1.165, 1.54) is 7.11 Å². The molecular formula is C19H25NO5. The molecule has 0 amide bonds. The highest BCUT2D eigenvalue weighted by Gasteiger charge is 2.32. The second kappa shape index (κ2) is 7.39. The SMILES string of the molecule is COC1(O)C=CC(Oc2c(C)cc(C[C@H](N)C(=O)O)cc2C)=CC1C. The zero-order valence-electron chi connectivity index (χ0n) is 14.9. The zero-order valence-corrected chi connectivity index (χ0v) is 14.9. The summed E-state index contributed by atoms with van der Waals surface area (Å²) in [5, 5.41) is 19.2. The van der Waals surface area contributed by atoms with Crippen LogP contribution < -0.4 is 10.5 Å². The van der Waals surface area contributed by atoms with Crippen LogP contribution in [0.25, 0.3) is 0 Å².